The van der Waals surface area contributed by atoms with Gasteiger partial charge in [0.15, 0.2) is 5.58 Å². The number of benzene rings is 3. The molecule has 1 aromatic heterocycles. The molecule has 0 bridgehead atoms. The zero-order chi connectivity index (χ0) is 22.3. The average Bonchev–Trinajstić information content (AvgIpc) is 3.21. The molecule has 0 radical (unpaired) electrons. The molecule has 32 heavy (non-hydrogen) atoms. The van der Waals surface area contributed by atoms with Crippen molar-refractivity contribution in [3.63, 3.8) is 0 Å². The Morgan fingerprint density at radius 1 is 1.09 bits per heavy atom. The molecule has 0 atom stereocenters. The van der Waals surface area contributed by atoms with E-state index in [9.17, 15) is 9.59 Å². The summed E-state index contributed by atoms with van der Waals surface area (Å²) in [5.74, 6) is -0.281. The number of para-hydroxylation sites is 2. The van der Waals surface area contributed by atoms with Crippen LogP contribution in [0.2, 0.25) is 0 Å². The van der Waals surface area contributed by atoms with Crippen LogP contribution in [-0.4, -0.2) is 28.8 Å². The molecule has 1 amide bonds. The minimum absolute atomic E-state index is 0.106. The van der Waals surface area contributed by atoms with Crippen LogP contribution in [0.25, 0.3) is 11.1 Å². The number of amides is 1. The van der Waals surface area contributed by atoms with Crippen LogP contribution in [0.3, 0.4) is 0 Å². The maximum Gasteiger partial charge on any atom is 0.343 e. The smallest absolute Gasteiger partial charge is 0.343 e. The normalized spacial score (nSPS) is 11.0. The first-order valence-electron chi connectivity index (χ1n) is 9.45. The molecule has 7 nitrogen and oxygen atoms in total. The number of hydrogen-bond acceptors (Lipinski definition) is 7. The topological polar surface area (TPSA) is 93.8 Å². The van der Waals surface area contributed by atoms with Gasteiger partial charge in [0.2, 0.25) is 0 Å². The fourth-order valence-corrected chi connectivity index (χ4v) is 3.56. The van der Waals surface area contributed by atoms with Gasteiger partial charge in [-0.25, -0.2) is 15.2 Å². The molecule has 0 fully saturated rings. The Balaban J connectivity index is 1.28. The second kappa shape index (κ2) is 10.3. The molecular weight excluding hydrogens is 494 g/mol. The Morgan fingerprint density at radius 2 is 1.91 bits per heavy atom. The van der Waals surface area contributed by atoms with E-state index in [2.05, 4.69) is 31.4 Å². The van der Waals surface area contributed by atoms with Gasteiger partial charge in [-0.2, -0.15) is 5.10 Å². The number of oxazole rings is 1. The number of hydrogen-bond donors (Lipinski definition) is 1. The number of carbonyl (C=O) groups is 2. The molecule has 0 spiro atoms. The number of halogens is 1. The Kier molecular flexibility index (Phi) is 6.98. The van der Waals surface area contributed by atoms with E-state index in [0.717, 1.165) is 9.99 Å². The molecule has 4 rings (SSSR count). The number of thioether (sulfide) groups is 1. The number of fused-ring (bicyclic) bond motifs is 1. The van der Waals surface area contributed by atoms with Crippen molar-refractivity contribution in [1.29, 1.82) is 0 Å². The van der Waals surface area contributed by atoms with Crippen molar-refractivity contribution in [3.8, 4) is 5.75 Å². The Hall–Kier alpha value is -3.43. The lowest BCUT2D eigenvalue weighted by Gasteiger charge is -2.05. The highest BCUT2D eigenvalue weighted by Crippen LogP contribution is 2.22. The van der Waals surface area contributed by atoms with E-state index in [0.29, 0.717) is 27.7 Å². The van der Waals surface area contributed by atoms with Crippen LogP contribution in [0.1, 0.15) is 15.9 Å². The van der Waals surface area contributed by atoms with E-state index < -0.39 is 5.97 Å². The predicted molar refractivity (Wildman–Crippen MR) is 126 cm³/mol. The zero-order valence-electron chi connectivity index (χ0n) is 16.5. The molecule has 0 aliphatic carbocycles. The summed E-state index contributed by atoms with van der Waals surface area (Å²) in [5.41, 5.74) is 4.98. The van der Waals surface area contributed by atoms with Crippen LogP contribution < -0.4 is 10.2 Å². The minimum atomic E-state index is -0.462. The first-order chi connectivity index (χ1) is 15.6. The average molecular weight is 510 g/mol. The summed E-state index contributed by atoms with van der Waals surface area (Å²) >= 11 is 4.51. The summed E-state index contributed by atoms with van der Waals surface area (Å²) in [6.07, 6.45) is 1.47. The van der Waals surface area contributed by atoms with Gasteiger partial charge >= 0.3 is 5.97 Å². The highest BCUT2D eigenvalue weighted by Gasteiger charge is 2.10. The van der Waals surface area contributed by atoms with E-state index in [-0.39, 0.29) is 11.7 Å². The first kappa shape index (κ1) is 21.8. The van der Waals surface area contributed by atoms with Gasteiger partial charge in [-0.3, -0.25) is 4.79 Å². The second-order valence-corrected chi connectivity index (χ2v) is 8.34. The third-order valence-electron chi connectivity index (χ3n) is 4.15. The summed E-state index contributed by atoms with van der Waals surface area (Å²) in [4.78, 5) is 28.6. The van der Waals surface area contributed by atoms with E-state index >= 15 is 0 Å². The van der Waals surface area contributed by atoms with Gasteiger partial charge in [-0.15, -0.1) is 0 Å². The van der Waals surface area contributed by atoms with Crippen molar-refractivity contribution in [2.75, 3.05) is 5.75 Å². The van der Waals surface area contributed by atoms with Gasteiger partial charge in [0.25, 0.3) is 11.1 Å². The second-order valence-electron chi connectivity index (χ2n) is 6.50. The minimum Gasteiger partial charge on any atom is -0.431 e. The van der Waals surface area contributed by atoms with Crippen molar-refractivity contribution in [1.82, 2.24) is 10.4 Å². The van der Waals surface area contributed by atoms with Crippen molar-refractivity contribution in [3.05, 3.63) is 88.4 Å². The van der Waals surface area contributed by atoms with Crippen LogP contribution in [0.5, 0.6) is 5.75 Å². The number of nitrogens with one attached hydrogen (secondary N) is 1. The zero-order valence-corrected chi connectivity index (χ0v) is 18.9. The molecule has 1 N–H and O–H groups in total. The summed E-state index contributed by atoms with van der Waals surface area (Å²) in [6.45, 7) is 0. The van der Waals surface area contributed by atoms with Crippen LogP contribution in [-0.2, 0) is 4.79 Å². The van der Waals surface area contributed by atoms with Gasteiger partial charge in [0, 0.05) is 4.47 Å². The van der Waals surface area contributed by atoms with Crippen molar-refractivity contribution < 1.29 is 18.7 Å². The highest BCUT2D eigenvalue weighted by molar-refractivity contribution is 9.10. The van der Waals surface area contributed by atoms with Crippen LogP contribution in [0, 0.1) is 0 Å². The SMILES string of the molecule is O=C(CSc1nc2ccccc2o1)N/N=C\c1cccc(OC(=O)c2ccc(Br)cc2)c1. The van der Waals surface area contributed by atoms with E-state index in [1.165, 1.54) is 18.0 Å². The Bertz CT molecular complexity index is 1250. The summed E-state index contributed by atoms with van der Waals surface area (Å²) in [7, 11) is 0. The summed E-state index contributed by atoms with van der Waals surface area (Å²) in [6, 6.07) is 21.1. The largest absolute Gasteiger partial charge is 0.431 e. The van der Waals surface area contributed by atoms with Gasteiger partial charge in [-0.05, 0) is 54.1 Å². The number of carbonyl (C=O) groups excluding carboxylic acids is 2. The van der Waals surface area contributed by atoms with Crippen molar-refractivity contribution in [2.45, 2.75) is 5.22 Å². The number of aromatic nitrogens is 1. The third-order valence-corrected chi connectivity index (χ3v) is 5.51. The molecule has 4 aromatic rings. The Labute approximate surface area is 196 Å². The molecule has 160 valence electrons. The number of esters is 1. The first-order valence-corrected chi connectivity index (χ1v) is 11.2. The van der Waals surface area contributed by atoms with E-state index in [1.54, 1.807) is 48.5 Å². The van der Waals surface area contributed by atoms with Crippen LogP contribution >= 0.6 is 27.7 Å². The molecular formula is C23H16BrN3O4S. The standard InChI is InChI=1S/C23H16BrN3O4S/c24-17-10-8-16(9-11-17)22(29)30-18-5-3-4-15(12-18)13-25-27-21(28)14-32-23-26-19-6-1-2-7-20(19)31-23/h1-13H,14H2,(H,27,28)/b25-13-. The van der Waals surface area contributed by atoms with E-state index in [1.807, 2.05) is 24.3 Å². The van der Waals surface area contributed by atoms with Gasteiger partial charge in [0.1, 0.15) is 11.3 Å². The van der Waals surface area contributed by atoms with Crippen molar-refractivity contribution in [2.24, 2.45) is 5.10 Å². The molecule has 0 aliphatic heterocycles. The van der Waals surface area contributed by atoms with Crippen molar-refractivity contribution >= 4 is 56.9 Å². The number of rotatable bonds is 7. The molecule has 0 unspecified atom stereocenters. The monoisotopic (exact) mass is 509 g/mol. The lowest BCUT2D eigenvalue weighted by molar-refractivity contribution is -0.118. The third kappa shape index (κ3) is 5.83. The highest BCUT2D eigenvalue weighted by atomic mass is 79.9. The van der Waals surface area contributed by atoms with Crippen LogP contribution in [0.4, 0.5) is 0 Å². The maximum absolute atomic E-state index is 12.2. The van der Waals surface area contributed by atoms with Gasteiger partial charge in [-0.1, -0.05) is 52.0 Å². The molecule has 3 aromatic carbocycles. The molecule has 9 heteroatoms. The summed E-state index contributed by atoms with van der Waals surface area (Å²) < 4.78 is 11.8. The molecule has 0 saturated heterocycles. The van der Waals surface area contributed by atoms with Crippen LogP contribution in [0.15, 0.2) is 92.0 Å². The maximum atomic E-state index is 12.2. The molecule has 0 aliphatic rings. The number of ether oxygens (including phenoxy) is 1. The molecule has 1 heterocycles. The fourth-order valence-electron chi connectivity index (χ4n) is 2.66. The Morgan fingerprint density at radius 3 is 2.72 bits per heavy atom. The van der Waals surface area contributed by atoms with Gasteiger partial charge < -0.3 is 9.15 Å². The lowest BCUT2D eigenvalue weighted by Crippen LogP contribution is -2.19. The molecule has 0 saturated carbocycles. The number of hydrazone groups is 1. The lowest BCUT2D eigenvalue weighted by atomic mass is 10.2. The summed E-state index contributed by atoms with van der Waals surface area (Å²) in [5, 5.41) is 4.37. The number of nitrogens with zero attached hydrogens (tertiary/aromatic N) is 2. The fraction of sp³-hybridized carbons (Fsp3) is 0.0435. The predicted octanol–water partition coefficient (Wildman–Crippen LogP) is 5.05. The van der Waals surface area contributed by atoms with Gasteiger partial charge in [0.05, 0.1) is 17.5 Å². The van der Waals surface area contributed by atoms with E-state index in [4.69, 9.17) is 9.15 Å². The quantitative estimate of drug-likeness (QED) is 0.123.